The van der Waals surface area contributed by atoms with E-state index in [1.165, 1.54) is 0 Å². The van der Waals surface area contributed by atoms with Gasteiger partial charge in [0, 0.05) is 30.4 Å². The minimum Gasteiger partial charge on any atom is -0.480 e. The highest BCUT2D eigenvalue weighted by molar-refractivity contribution is 5.78. The Hall–Kier alpha value is -1.69. The lowest BCUT2D eigenvalue weighted by molar-refractivity contribution is -0.138. The maximum Gasteiger partial charge on any atom is 0.325 e. The largest absolute Gasteiger partial charge is 0.480 e. The third kappa shape index (κ3) is 2.28. The number of rotatable bonds is 3. The van der Waals surface area contributed by atoms with Gasteiger partial charge in [0.15, 0.2) is 11.6 Å². The van der Waals surface area contributed by atoms with E-state index in [1.54, 1.807) is 0 Å². The molecule has 0 radical (unpaired) electrons. The van der Waals surface area contributed by atoms with Crippen LogP contribution in [0.3, 0.4) is 0 Å². The average Bonchev–Trinajstić information content (AvgIpc) is 2.84. The molecule has 3 N–H and O–H groups in total. The number of halogens is 2. The number of nitrogens with zero attached hydrogens (tertiary/aromatic N) is 1. The summed E-state index contributed by atoms with van der Waals surface area (Å²) < 4.78 is 26.5. The van der Waals surface area contributed by atoms with Gasteiger partial charge in [0.2, 0.25) is 0 Å². The van der Waals surface area contributed by atoms with Crippen molar-refractivity contribution in [2.45, 2.75) is 18.9 Å². The van der Waals surface area contributed by atoms with Gasteiger partial charge in [-0.15, -0.1) is 0 Å². The van der Waals surface area contributed by atoms with Gasteiger partial charge in [-0.3, -0.25) is 4.79 Å². The summed E-state index contributed by atoms with van der Waals surface area (Å²) >= 11 is 0. The smallest absolute Gasteiger partial charge is 0.325 e. The number of aliphatic carboxylic acids is 1. The monoisotopic (exact) mass is 256 g/mol. The van der Waals surface area contributed by atoms with Crippen LogP contribution in [0, 0.1) is 11.6 Å². The van der Waals surface area contributed by atoms with E-state index < -0.39 is 23.6 Å². The molecule has 6 heteroatoms. The van der Waals surface area contributed by atoms with Crippen LogP contribution < -0.4 is 10.6 Å². The van der Waals surface area contributed by atoms with Gasteiger partial charge in [-0.25, -0.2) is 8.78 Å². The third-order valence-corrected chi connectivity index (χ3v) is 3.12. The average molecular weight is 256 g/mol. The lowest BCUT2D eigenvalue weighted by Gasteiger charge is -2.23. The van der Waals surface area contributed by atoms with Crippen LogP contribution in [0.5, 0.6) is 0 Å². The Bertz CT molecular complexity index is 473. The Kier molecular flexibility index (Phi) is 3.47. The molecule has 0 spiro atoms. The Balaban J connectivity index is 2.47. The Morgan fingerprint density at radius 3 is 2.39 bits per heavy atom. The Labute approximate surface area is 103 Å². The van der Waals surface area contributed by atoms with E-state index >= 15 is 0 Å². The minimum atomic E-state index is -1.35. The number of anilines is 1. The number of hydrogen-bond acceptors (Lipinski definition) is 3. The van der Waals surface area contributed by atoms with Crippen LogP contribution in [-0.2, 0) is 4.79 Å². The van der Waals surface area contributed by atoms with Crippen molar-refractivity contribution in [2.24, 2.45) is 5.73 Å². The Morgan fingerprint density at radius 1 is 1.28 bits per heavy atom. The maximum atomic E-state index is 13.3. The molecule has 1 heterocycles. The van der Waals surface area contributed by atoms with Crippen molar-refractivity contribution in [3.05, 3.63) is 29.3 Å². The zero-order chi connectivity index (χ0) is 13.3. The SMILES string of the molecule is NC(C(=O)O)c1cc(F)c(F)cc1N1CCCC1. The van der Waals surface area contributed by atoms with E-state index in [4.69, 9.17) is 10.8 Å². The van der Waals surface area contributed by atoms with Crippen molar-refractivity contribution >= 4 is 11.7 Å². The molecule has 1 unspecified atom stereocenters. The summed E-state index contributed by atoms with van der Waals surface area (Å²) in [5.74, 6) is -3.33. The van der Waals surface area contributed by atoms with Gasteiger partial charge in [-0.05, 0) is 18.9 Å². The molecule has 0 aromatic heterocycles. The van der Waals surface area contributed by atoms with Crippen molar-refractivity contribution < 1.29 is 18.7 Å². The zero-order valence-electron chi connectivity index (χ0n) is 9.70. The normalized spacial score (nSPS) is 16.9. The second-order valence-corrected chi connectivity index (χ2v) is 4.34. The molecule has 1 aliphatic rings. The fraction of sp³-hybridized carbons (Fsp3) is 0.417. The van der Waals surface area contributed by atoms with Crippen LogP contribution in [0.2, 0.25) is 0 Å². The van der Waals surface area contributed by atoms with E-state index in [2.05, 4.69) is 0 Å². The molecule has 1 aromatic rings. The van der Waals surface area contributed by atoms with Gasteiger partial charge in [-0.1, -0.05) is 0 Å². The van der Waals surface area contributed by atoms with E-state index in [0.717, 1.165) is 25.0 Å². The highest BCUT2D eigenvalue weighted by Crippen LogP contribution is 2.30. The number of carbonyl (C=O) groups is 1. The van der Waals surface area contributed by atoms with Gasteiger partial charge in [-0.2, -0.15) is 0 Å². The van der Waals surface area contributed by atoms with Crippen molar-refractivity contribution in [1.82, 2.24) is 0 Å². The first-order valence-electron chi connectivity index (χ1n) is 5.73. The predicted octanol–water partition coefficient (Wildman–Crippen LogP) is 1.65. The second-order valence-electron chi connectivity index (χ2n) is 4.34. The topological polar surface area (TPSA) is 66.6 Å². The highest BCUT2D eigenvalue weighted by Gasteiger charge is 2.25. The molecule has 0 aliphatic carbocycles. The lowest BCUT2D eigenvalue weighted by atomic mass is 10.0. The summed E-state index contributed by atoms with van der Waals surface area (Å²) in [6, 6.07) is 0.552. The summed E-state index contributed by atoms with van der Waals surface area (Å²) in [7, 11) is 0. The van der Waals surface area contributed by atoms with Crippen molar-refractivity contribution in [3.63, 3.8) is 0 Å². The lowest BCUT2D eigenvalue weighted by Crippen LogP contribution is -2.26. The minimum absolute atomic E-state index is 0.114. The molecule has 0 amide bonds. The predicted molar refractivity (Wildman–Crippen MR) is 62.4 cm³/mol. The van der Waals surface area contributed by atoms with Gasteiger partial charge >= 0.3 is 5.97 Å². The molecule has 1 aromatic carbocycles. The van der Waals surface area contributed by atoms with Crippen molar-refractivity contribution in [3.8, 4) is 0 Å². The Morgan fingerprint density at radius 2 is 1.83 bits per heavy atom. The van der Waals surface area contributed by atoms with Gasteiger partial charge in [0.1, 0.15) is 6.04 Å². The first-order chi connectivity index (χ1) is 8.50. The number of carboxylic acids is 1. The molecule has 1 atom stereocenters. The van der Waals surface area contributed by atoms with E-state index in [9.17, 15) is 13.6 Å². The molecule has 1 aliphatic heterocycles. The van der Waals surface area contributed by atoms with Gasteiger partial charge in [0.05, 0.1) is 0 Å². The molecular weight excluding hydrogens is 242 g/mol. The summed E-state index contributed by atoms with van der Waals surface area (Å²) in [6.45, 7) is 1.40. The molecule has 1 saturated heterocycles. The summed E-state index contributed by atoms with van der Waals surface area (Å²) in [5, 5.41) is 8.90. The quantitative estimate of drug-likeness (QED) is 0.863. The van der Waals surface area contributed by atoms with Crippen LogP contribution in [0.15, 0.2) is 12.1 Å². The number of hydrogen-bond donors (Lipinski definition) is 2. The van der Waals surface area contributed by atoms with E-state index in [1.807, 2.05) is 4.90 Å². The van der Waals surface area contributed by atoms with Crippen LogP contribution in [0.1, 0.15) is 24.4 Å². The zero-order valence-corrected chi connectivity index (χ0v) is 9.70. The van der Waals surface area contributed by atoms with Crippen LogP contribution in [0.25, 0.3) is 0 Å². The summed E-state index contributed by atoms with van der Waals surface area (Å²) in [4.78, 5) is 12.7. The first-order valence-corrected chi connectivity index (χ1v) is 5.73. The highest BCUT2D eigenvalue weighted by atomic mass is 19.2. The molecule has 2 rings (SSSR count). The van der Waals surface area contributed by atoms with Crippen LogP contribution >= 0.6 is 0 Å². The van der Waals surface area contributed by atoms with Crippen LogP contribution in [0.4, 0.5) is 14.5 Å². The van der Waals surface area contributed by atoms with Gasteiger partial charge in [0.25, 0.3) is 0 Å². The molecule has 98 valence electrons. The molecule has 4 nitrogen and oxygen atoms in total. The molecule has 18 heavy (non-hydrogen) atoms. The number of nitrogens with two attached hydrogens (primary N) is 1. The maximum absolute atomic E-state index is 13.3. The van der Waals surface area contributed by atoms with Crippen LogP contribution in [-0.4, -0.2) is 24.2 Å². The molecule has 1 fully saturated rings. The fourth-order valence-corrected chi connectivity index (χ4v) is 2.17. The van der Waals surface area contributed by atoms with Crippen molar-refractivity contribution in [1.29, 1.82) is 0 Å². The van der Waals surface area contributed by atoms with E-state index in [-0.39, 0.29) is 5.56 Å². The standard InChI is InChI=1S/C12H14F2N2O2/c13-8-5-7(11(15)12(17)18)10(6-9(8)14)16-3-1-2-4-16/h5-6,11H,1-4,15H2,(H,17,18). The van der Waals surface area contributed by atoms with Crippen molar-refractivity contribution in [2.75, 3.05) is 18.0 Å². The molecule has 0 saturated carbocycles. The summed E-state index contributed by atoms with van der Waals surface area (Å²) in [5.41, 5.74) is 6.00. The van der Waals surface area contributed by atoms with E-state index in [0.29, 0.717) is 18.8 Å². The number of benzene rings is 1. The first kappa shape index (κ1) is 12.8. The molecular formula is C12H14F2N2O2. The second kappa shape index (κ2) is 4.89. The number of carboxylic acid groups (broad SMARTS) is 1. The summed E-state index contributed by atoms with van der Waals surface area (Å²) in [6.07, 6.45) is 1.89. The third-order valence-electron chi connectivity index (χ3n) is 3.12. The molecule has 0 bridgehead atoms. The van der Waals surface area contributed by atoms with Gasteiger partial charge < -0.3 is 15.7 Å². The fourth-order valence-electron chi connectivity index (χ4n) is 2.17.